The number of aromatic nitrogens is 2. The molecular weight excluding hydrogens is 558 g/mol. The van der Waals surface area contributed by atoms with Crippen LogP contribution in [-0.2, 0) is 17.9 Å². The van der Waals surface area contributed by atoms with Crippen molar-refractivity contribution in [2.24, 2.45) is 0 Å². The van der Waals surface area contributed by atoms with Gasteiger partial charge in [0, 0.05) is 36.8 Å². The minimum atomic E-state index is -0.348. The van der Waals surface area contributed by atoms with Crippen molar-refractivity contribution in [3.63, 3.8) is 0 Å². The predicted octanol–water partition coefficient (Wildman–Crippen LogP) is 8.98. The summed E-state index contributed by atoms with van der Waals surface area (Å²) in [7, 11) is 0. The summed E-state index contributed by atoms with van der Waals surface area (Å²) in [6.45, 7) is 0.841. The van der Waals surface area contributed by atoms with E-state index in [1.165, 1.54) is 11.1 Å². The highest BCUT2D eigenvalue weighted by Gasteiger charge is 2.24. The number of rotatable bonds is 9. The van der Waals surface area contributed by atoms with E-state index in [0.717, 1.165) is 11.1 Å². The van der Waals surface area contributed by atoms with Crippen molar-refractivity contribution in [2.45, 2.75) is 25.3 Å². The van der Waals surface area contributed by atoms with Gasteiger partial charge in [-0.2, -0.15) is 0 Å². The fourth-order valence-corrected chi connectivity index (χ4v) is 5.50. The average molecular weight is 583 g/mol. The smallest absolute Gasteiger partial charge is 0.244 e. The lowest BCUT2D eigenvalue weighted by Crippen LogP contribution is -2.36. The summed E-state index contributed by atoms with van der Waals surface area (Å²) >= 11 is 25.3. The molecular formula is C31H25Cl4N2O+. The minimum Gasteiger partial charge on any atom is -0.365 e. The highest BCUT2D eigenvalue weighted by Crippen LogP contribution is 2.31. The first-order chi connectivity index (χ1) is 18.5. The van der Waals surface area contributed by atoms with Crippen LogP contribution in [0.25, 0.3) is 0 Å². The number of ether oxygens (including phenoxy) is 1. The molecule has 1 atom stereocenters. The molecule has 0 bridgehead atoms. The summed E-state index contributed by atoms with van der Waals surface area (Å²) in [6, 6.07) is 31.8. The van der Waals surface area contributed by atoms with Gasteiger partial charge in [0.15, 0.2) is 6.04 Å². The summed E-state index contributed by atoms with van der Waals surface area (Å²) in [6.07, 6.45) is 5.88. The zero-order valence-corrected chi connectivity index (χ0v) is 23.4. The van der Waals surface area contributed by atoms with E-state index in [4.69, 9.17) is 51.1 Å². The second kappa shape index (κ2) is 12.4. The third-order valence-corrected chi connectivity index (χ3v) is 7.53. The van der Waals surface area contributed by atoms with Crippen LogP contribution < -0.4 is 4.57 Å². The van der Waals surface area contributed by atoms with E-state index in [-0.39, 0.29) is 12.1 Å². The Balaban J connectivity index is 1.44. The van der Waals surface area contributed by atoms with Gasteiger partial charge in [0.05, 0.1) is 6.61 Å². The molecule has 38 heavy (non-hydrogen) atoms. The van der Waals surface area contributed by atoms with Gasteiger partial charge in [-0.1, -0.05) is 119 Å². The Morgan fingerprint density at radius 1 is 0.711 bits per heavy atom. The first kappa shape index (κ1) is 26.8. The monoisotopic (exact) mass is 581 g/mol. The average Bonchev–Trinajstić information content (AvgIpc) is 3.37. The molecule has 5 rings (SSSR count). The van der Waals surface area contributed by atoms with Crippen molar-refractivity contribution in [1.82, 2.24) is 4.57 Å². The highest BCUT2D eigenvalue weighted by molar-refractivity contribution is 6.35. The molecule has 0 saturated heterocycles. The third kappa shape index (κ3) is 6.43. The van der Waals surface area contributed by atoms with Crippen LogP contribution in [0.3, 0.4) is 0 Å². The van der Waals surface area contributed by atoms with E-state index < -0.39 is 0 Å². The third-order valence-electron chi connectivity index (χ3n) is 6.38. The maximum atomic E-state index is 6.62. The topological polar surface area (TPSA) is 18.0 Å². The molecule has 0 fully saturated rings. The quantitative estimate of drug-likeness (QED) is 0.159. The molecule has 5 aromatic rings. The number of imidazole rings is 1. The summed E-state index contributed by atoms with van der Waals surface area (Å²) in [5.74, 6) is 0. The van der Waals surface area contributed by atoms with Crippen molar-refractivity contribution >= 4 is 46.4 Å². The van der Waals surface area contributed by atoms with Crippen LogP contribution in [0.4, 0.5) is 0 Å². The molecule has 0 aliphatic rings. The molecule has 0 aliphatic carbocycles. The van der Waals surface area contributed by atoms with Gasteiger partial charge in [0.25, 0.3) is 0 Å². The number of hydrogen-bond acceptors (Lipinski definition) is 1. The fourth-order valence-electron chi connectivity index (χ4n) is 4.50. The van der Waals surface area contributed by atoms with Crippen LogP contribution in [0.2, 0.25) is 20.1 Å². The standard InChI is InChI=1S/C31H25Cl4N2O/c32-25-12-11-24(28(34)17-25)20-38-30(27-14-13-26(33)18-29(27)35)19-36-15-16-37(21-36)31(22-7-3-1-4-8-22)23-9-5-2-6-10-23/h1-18,21,30-31H,19-20H2/q+1. The second-order valence-corrected chi connectivity index (χ2v) is 10.7. The molecule has 1 unspecified atom stereocenters. The Morgan fingerprint density at radius 3 is 1.92 bits per heavy atom. The van der Waals surface area contributed by atoms with Crippen molar-refractivity contribution in [3.8, 4) is 0 Å². The molecule has 0 aliphatic heterocycles. The van der Waals surface area contributed by atoms with Gasteiger partial charge in [0.1, 0.15) is 25.0 Å². The van der Waals surface area contributed by atoms with E-state index in [1.807, 2.05) is 36.5 Å². The van der Waals surface area contributed by atoms with Crippen LogP contribution in [0.15, 0.2) is 116 Å². The normalized spacial score (nSPS) is 12.1. The van der Waals surface area contributed by atoms with E-state index in [2.05, 4.69) is 70.2 Å². The van der Waals surface area contributed by atoms with Gasteiger partial charge in [-0.25, -0.2) is 9.13 Å². The minimum absolute atomic E-state index is 0.0324. The van der Waals surface area contributed by atoms with Crippen LogP contribution in [-0.4, -0.2) is 4.57 Å². The van der Waals surface area contributed by atoms with Crippen molar-refractivity contribution in [2.75, 3.05) is 0 Å². The molecule has 4 aromatic carbocycles. The molecule has 0 N–H and O–H groups in total. The Morgan fingerprint density at radius 2 is 1.32 bits per heavy atom. The largest absolute Gasteiger partial charge is 0.365 e. The zero-order chi connectivity index (χ0) is 26.5. The van der Waals surface area contributed by atoms with Gasteiger partial charge in [-0.3, -0.25) is 0 Å². The Kier molecular flexibility index (Phi) is 8.73. The van der Waals surface area contributed by atoms with Crippen LogP contribution in [0.5, 0.6) is 0 Å². The van der Waals surface area contributed by atoms with Crippen LogP contribution in [0, 0.1) is 0 Å². The van der Waals surface area contributed by atoms with Crippen molar-refractivity contribution < 1.29 is 9.30 Å². The zero-order valence-electron chi connectivity index (χ0n) is 20.4. The lowest BCUT2D eigenvalue weighted by Gasteiger charge is -2.19. The van der Waals surface area contributed by atoms with Gasteiger partial charge in [0.2, 0.25) is 6.33 Å². The number of nitrogens with zero attached hydrogens (tertiary/aromatic N) is 2. The Bertz CT molecular complexity index is 1470. The molecule has 0 saturated carbocycles. The highest BCUT2D eigenvalue weighted by atomic mass is 35.5. The van der Waals surface area contributed by atoms with Gasteiger partial charge < -0.3 is 4.74 Å². The van der Waals surface area contributed by atoms with Gasteiger partial charge in [-0.05, 0) is 29.8 Å². The summed E-state index contributed by atoms with van der Waals surface area (Å²) in [5.41, 5.74) is 4.10. The second-order valence-electron chi connectivity index (χ2n) is 8.98. The maximum Gasteiger partial charge on any atom is 0.244 e. The molecule has 1 heterocycles. The van der Waals surface area contributed by atoms with Gasteiger partial charge in [-0.15, -0.1) is 0 Å². The molecule has 192 valence electrons. The number of hydrogen-bond donors (Lipinski definition) is 0. The van der Waals surface area contributed by atoms with E-state index in [1.54, 1.807) is 18.2 Å². The van der Waals surface area contributed by atoms with Crippen LogP contribution in [0.1, 0.15) is 34.4 Å². The van der Waals surface area contributed by atoms with Gasteiger partial charge >= 0.3 is 0 Å². The molecule has 0 amide bonds. The molecule has 0 spiro atoms. The van der Waals surface area contributed by atoms with Crippen molar-refractivity contribution in [3.05, 3.63) is 158 Å². The number of benzene rings is 4. The molecule has 3 nitrogen and oxygen atoms in total. The molecule has 0 radical (unpaired) electrons. The van der Waals surface area contributed by atoms with Crippen LogP contribution >= 0.6 is 46.4 Å². The predicted molar refractivity (Wildman–Crippen MR) is 155 cm³/mol. The van der Waals surface area contributed by atoms with E-state index in [9.17, 15) is 0 Å². The Labute approximate surface area is 242 Å². The lowest BCUT2D eigenvalue weighted by atomic mass is 9.99. The first-order valence-corrected chi connectivity index (χ1v) is 13.7. The summed E-state index contributed by atoms with van der Waals surface area (Å²) < 4.78 is 10.7. The Hall–Kier alpha value is -2.79. The summed E-state index contributed by atoms with van der Waals surface area (Å²) in [4.78, 5) is 0. The first-order valence-electron chi connectivity index (χ1n) is 12.1. The fraction of sp³-hybridized carbons (Fsp3) is 0.129. The SMILES string of the molecule is Clc1ccc(COC(C[n+]2ccn(C(c3ccccc3)c3ccccc3)c2)c2ccc(Cl)cc2Cl)c(Cl)c1. The van der Waals surface area contributed by atoms with E-state index in [0.29, 0.717) is 33.2 Å². The van der Waals surface area contributed by atoms with E-state index >= 15 is 0 Å². The maximum absolute atomic E-state index is 6.62. The molecule has 1 aromatic heterocycles. The van der Waals surface area contributed by atoms with Crippen molar-refractivity contribution in [1.29, 1.82) is 0 Å². The summed E-state index contributed by atoms with van der Waals surface area (Å²) in [5, 5.41) is 2.27. The molecule has 7 heteroatoms. The number of halogens is 4. The lowest BCUT2D eigenvalue weighted by molar-refractivity contribution is -0.705.